The summed E-state index contributed by atoms with van der Waals surface area (Å²) < 4.78 is 1.81. The van der Waals surface area contributed by atoms with Gasteiger partial charge in [0.25, 0.3) is 5.91 Å². The van der Waals surface area contributed by atoms with E-state index < -0.39 is 0 Å². The molecule has 4 rings (SSSR count). The van der Waals surface area contributed by atoms with Gasteiger partial charge in [0.1, 0.15) is 12.7 Å². The number of amides is 1. The highest BCUT2D eigenvalue weighted by Crippen LogP contribution is 2.19. The van der Waals surface area contributed by atoms with E-state index in [1.165, 1.54) is 5.56 Å². The topological polar surface area (TPSA) is 63.1 Å². The highest BCUT2D eigenvalue weighted by molar-refractivity contribution is 5.94. The molecule has 1 aliphatic heterocycles. The van der Waals surface area contributed by atoms with Crippen LogP contribution in [0.1, 0.15) is 22.0 Å². The van der Waals surface area contributed by atoms with Crippen molar-refractivity contribution in [3.05, 3.63) is 78.4 Å². The predicted molar refractivity (Wildman–Crippen MR) is 102 cm³/mol. The van der Waals surface area contributed by atoms with Crippen LogP contribution < -0.4 is 5.32 Å². The van der Waals surface area contributed by atoms with Crippen molar-refractivity contribution in [2.45, 2.75) is 6.04 Å². The van der Waals surface area contributed by atoms with Gasteiger partial charge >= 0.3 is 0 Å². The molecule has 1 atom stereocenters. The molecule has 0 spiro atoms. The molecule has 1 unspecified atom stereocenters. The lowest BCUT2D eigenvalue weighted by atomic mass is 10.0. The van der Waals surface area contributed by atoms with Gasteiger partial charge in [-0.1, -0.05) is 30.3 Å². The van der Waals surface area contributed by atoms with Crippen molar-refractivity contribution < 1.29 is 4.79 Å². The van der Waals surface area contributed by atoms with Crippen LogP contribution in [0.2, 0.25) is 0 Å². The van der Waals surface area contributed by atoms with Crippen LogP contribution in [0.5, 0.6) is 0 Å². The lowest BCUT2D eigenvalue weighted by Gasteiger charge is -2.34. The van der Waals surface area contributed by atoms with Crippen molar-refractivity contribution in [3.8, 4) is 5.69 Å². The van der Waals surface area contributed by atoms with Crippen molar-refractivity contribution in [3.63, 3.8) is 0 Å². The fourth-order valence-electron chi connectivity index (χ4n) is 3.14. The fourth-order valence-corrected chi connectivity index (χ4v) is 3.14. The van der Waals surface area contributed by atoms with Crippen LogP contribution >= 0.6 is 12.4 Å². The first-order chi connectivity index (χ1) is 12.3. The maximum absolute atomic E-state index is 12.8. The highest BCUT2D eigenvalue weighted by Gasteiger charge is 2.24. The summed E-state index contributed by atoms with van der Waals surface area (Å²) in [5.41, 5.74) is 2.84. The smallest absolute Gasteiger partial charge is 0.253 e. The van der Waals surface area contributed by atoms with E-state index in [9.17, 15) is 4.79 Å². The fraction of sp³-hybridized carbons (Fsp3) is 0.211. The van der Waals surface area contributed by atoms with Crippen molar-refractivity contribution in [2.75, 3.05) is 19.6 Å². The Bertz CT molecular complexity index is 836. The third kappa shape index (κ3) is 3.76. The monoisotopic (exact) mass is 369 g/mol. The molecule has 2 heterocycles. The zero-order valence-electron chi connectivity index (χ0n) is 14.2. The van der Waals surface area contributed by atoms with Crippen LogP contribution in [0.3, 0.4) is 0 Å². The molecule has 1 fully saturated rings. The van der Waals surface area contributed by atoms with Gasteiger partial charge in [0.15, 0.2) is 0 Å². The van der Waals surface area contributed by atoms with E-state index in [1.807, 2.05) is 51.9 Å². The second kappa shape index (κ2) is 8.12. The first-order valence-corrected chi connectivity index (χ1v) is 8.34. The molecular weight excluding hydrogens is 350 g/mol. The summed E-state index contributed by atoms with van der Waals surface area (Å²) in [7, 11) is 0. The molecule has 7 heteroatoms. The first kappa shape index (κ1) is 18.1. The van der Waals surface area contributed by atoms with Gasteiger partial charge in [0.2, 0.25) is 0 Å². The minimum Gasteiger partial charge on any atom is -0.335 e. The van der Waals surface area contributed by atoms with Gasteiger partial charge in [-0.3, -0.25) is 9.36 Å². The van der Waals surface area contributed by atoms with Gasteiger partial charge in [-0.2, -0.15) is 0 Å². The van der Waals surface area contributed by atoms with Gasteiger partial charge in [-0.25, -0.2) is 0 Å². The molecule has 1 aromatic heterocycles. The van der Waals surface area contributed by atoms with Crippen molar-refractivity contribution >= 4 is 18.3 Å². The SMILES string of the molecule is Cl.O=C(c1ccc(-n2cnnc2)cc1)N1CCNC(c2ccccc2)C1. The molecule has 26 heavy (non-hydrogen) atoms. The first-order valence-electron chi connectivity index (χ1n) is 8.34. The molecule has 2 aromatic carbocycles. The Morgan fingerprint density at radius 2 is 1.69 bits per heavy atom. The number of nitrogens with zero attached hydrogens (tertiary/aromatic N) is 4. The lowest BCUT2D eigenvalue weighted by Crippen LogP contribution is -2.48. The molecule has 0 aliphatic carbocycles. The zero-order chi connectivity index (χ0) is 17.1. The quantitative estimate of drug-likeness (QED) is 0.770. The van der Waals surface area contributed by atoms with E-state index in [0.29, 0.717) is 12.1 Å². The Labute approximate surface area is 158 Å². The molecule has 6 nitrogen and oxygen atoms in total. The zero-order valence-corrected chi connectivity index (χ0v) is 15.0. The van der Waals surface area contributed by atoms with Gasteiger partial charge in [-0.15, -0.1) is 22.6 Å². The van der Waals surface area contributed by atoms with Gasteiger partial charge in [-0.05, 0) is 29.8 Å². The largest absolute Gasteiger partial charge is 0.335 e. The number of nitrogens with one attached hydrogen (secondary N) is 1. The number of halogens is 1. The third-order valence-corrected chi connectivity index (χ3v) is 4.50. The maximum atomic E-state index is 12.8. The second-order valence-corrected chi connectivity index (χ2v) is 6.08. The Hall–Kier alpha value is -2.70. The van der Waals surface area contributed by atoms with Crippen molar-refractivity contribution in [2.24, 2.45) is 0 Å². The summed E-state index contributed by atoms with van der Waals surface area (Å²) in [5, 5.41) is 11.1. The maximum Gasteiger partial charge on any atom is 0.253 e. The van der Waals surface area contributed by atoms with E-state index in [0.717, 1.165) is 18.8 Å². The minimum absolute atomic E-state index is 0. The Kier molecular flexibility index (Phi) is 5.65. The summed E-state index contributed by atoms with van der Waals surface area (Å²) in [4.78, 5) is 14.8. The average molecular weight is 370 g/mol. The highest BCUT2D eigenvalue weighted by atomic mass is 35.5. The van der Waals surface area contributed by atoms with Gasteiger partial charge < -0.3 is 10.2 Å². The standard InChI is InChI=1S/C19H19N5O.ClH/c25-19(16-6-8-17(9-7-16)24-13-21-22-14-24)23-11-10-20-18(12-23)15-4-2-1-3-5-15;/h1-9,13-14,18,20H,10-12H2;1H. The van der Waals surface area contributed by atoms with E-state index in [4.69, 9.17) is 0 Å². The van der Waals surface area contributed by atoms with Crippen LogP contribution in [0, 0.1) is 0 Å². The van der Waals surface area contributed by atoms with E-state index >= 15 is 0 Å². The molecule has 1 N–H and O–H groups in total. The number of rotatable bonds is 3. The number of benzene rings is 2. The van der Waals surface area contributed by atoms with Crippen LogP contribution in [-0.4, -0.2) is 45.2 Å². The van der Waals surface area contributed by atoms with Crippen LogP contribution in [0.15, 0.2) is 67.3 Å². The Morgan fingerprint density at radius 3 is 2.38 bits per heavy atom. The predicted octanol–water partition coefficient (Wildman–Crippen LogP) is 2.48. The minimum atomic E-state index is 0. The average Bonchev–Trinajstić information content (AvgIpc) is 3.23. The summed E-state index contributed by atoms with van der Waals surface area (Å²) in [6.45, 7) is 2.19. The van der Waals surface area contributed by atoms with Gasteiger partial charge in [0.05, 0.1) is 0 Å². The second-order valence-electron chi connectivity index (χ2n) is 6.08. The van der Waals surface area contributed by atoms with E-state index in [1.54, 1.807) is 12.7 Å². The molecule has 1 amide bonds. The molecule has 1 aliphatic rings. The third-order valence-electron chi connectivity index (χ3n) is 4.50. The molecule has 0 bridgehead atoms. The Balaban J connectivity index is 0.00000196. The number of hydrogen-bond acceptors (Lipinski definition) is 4. The molecular formula is C19H20ClN5O. The summed E-state index contributed by atoms with van der Waals surface area (Å²) >= 11 is 0. The number of hydrogen-bond donors (Lipinski definition) is 1. The normalized spacial score (nSPS) is 16.8. The van der Waals surface area contributed by atoms with E-state index in [-0.39, 0.29) is 24.4 Å². The molecule has 3 aromatic rings. The lowest BCUT2D eigenvalue weighted by molar-refractivity contribution is 0.0703. The summed E-state index contributed by atoms with van der Waals surface area (Å²) in [5.74, 6) is 0.0673. The van der Waals surface area contributed by atoms with Crippen LogP contribution in [0.25, 0.3) is 5.69 Å². The van der Waals surface area contributed by atoms with Crippen molar-refractivity contribution in [1.82, 2.24) is 25.0 Å². The number of carbonyl (C=O) groups is 1. The van der Waals surface area contributed by atoms with Gasteiger partial charge in [0, 0.05) is 36.9 Å². The number of aromatic nitrogens is 3. The van der Waals surface area contributed by atoms with Crippen LogP contribution in [0.4, 0.5) is 0 Å². The summed E-state index contributed by atoms with van der Waals surface area (Å²) in [6, 6.07) is 18.0. The van der Waals surface area contributed by atoms with Crippen LogP contribution in [-0.2, 0) is 0 Å². The molecule has 1 saturated heterocycles. The molecule has 0 saturated carbocycles. The van der Waals surface area contributed by atoms with E-state index in [2.05, 4.69) is 27.6 Å². The summed E-state index contributed by atoms with van der Waals surface area (Å²) in [6.07, 6.45) is 3.27. The Morgan fingerprint density at radius 1 is 1.00 bits per heavy atom. The number of piperazine rings is 1. The number of carbonyl (C=O) groups excluding carboxylic acids is 1. The molecule has 134 valence electrons. The molecule has 0 radical (unpaired) electrons. The van der Waals surface area contributed by atoms with Crippen molar-refractivity contribution in [1.29, 1.82) is 0 Å².